The van der Waals surface area contributed by atoms with Gasteiger partial charge in [0.15, 0.2) is 5.96 Å². The molecule has 0 unspecified atom stereocenters. The summed E-state index contributed by atoms with van der Waals surface area (Å²) in [7, 11) is 1.57. The van der Waals surface area contributed by atoms with Crippen LogP contribution < -0.4 is 16.0 Å². The van der Waals surface area contributed by atoms with E-state index >= 15 is 0 Å². The summed E-state index contributed by atoms with van der Waals surface area (Å²) in [6.45, 7) is 1.05. The fourth-order valence-electron chi connectivity index (χ4n) is 2.32. The van der Waals surface area contributed by atoms with E-state index < -0.39 is 11.7 Å². The van der Waals surface area contributed by atoms with Gasteiger partial charge < -0.3 is 16.0 Å². The Morgan fingerprint density at radius 2 is 1.64 bits per heavy atom. The molecular weight excluding hydrogens is 393 g/mol. The van der Waals surface area contributed by atoms with Crippen LogP contribution in [0.15, 0.2) is 53.5 Å². The number of halogens is 4. The third kappa shape index (κ3) is 6.45. The molecule has 28 heavy (non-hydrogen) atoms. The predicted octanol–water partition coefficient (Wildman–Crippen LogP) is 3.45. The molecule has 9 heteroatoms. The summed E-state index contributed by atoms with van der Waals surface area (Å²) in [4.78, 5) is 16.1. The van der Waals surface area contributed by atoms with Crippen LogP contribution in [0.25, 0.3) is 0 Å². The third-order valence-corrected chi connectivity index (χ3v) is 4.12. The van der Waals surface area contributed by atoms with Gasteiger partial charge >= 0.3 is 6.18 Å². The van der Waals surface area contributed by atoms with Crippen molar-refractivity contribution in [3.63, 3.8) is 0 Å². The molecule has 0 aliphatic carbocycles. The number of benzene rings is 2. The van der Waals surface area contributed by atoms with Crippen molar-refractivity contribution in [2.45, 2.75) is 12.7 Å². The van der Waals surface area contributed by atoms with E-state index in [2.05, 4.69) is 20.9 Å². The Hall–Kier alpha value is -2.74. The summed E-state index contributed by atoms with van der Waals surface area (Å²) in [6.07, 6.45) is -4.35. The largest absolute Gasteiger partial charge is 0.416 e. The molecule has 1 amide bonds. The minimum atomic E-state index is -4.35. The monoisotopic (exact) mass is 412 g/mol. The fraction of sp³-hybridized carbons (Fsp3) is 0.263. The van der Waals surface area contributed by atoms with Crippen LogP contribution >= 0.6 is 11.6 Å². The molecular formula is C19H20ClF3N4O. The van der Waals surface area contributed by atoms with E-state index in [1.54, 1.807) is 31.3 Å². The molecule has 0 saturated heterocycles. The lowest BCUT2D eigenvalue weighted by atomic mass is 10.1. The first-order chi connectivity index (χ1) is 13.3. The molecule has 0 spiro atoms. The van der Waals surface area contributed by atoms with Crippen molar-refractivity contribution in [3.8, 4) is 0 Å². The van der Waals surface area contributed by atoms with Crippen LogP contribution in [0.2, 0.25) is 5.02 Å². The Labute approximate surface area is 166 Å². The topological polar surface area (TPSA) is 65.5 Å². The number of alkyl halides is 3. The molecule has 0 atom stereocenters. The zero-order chi connectivity index (χ0) is 20.6. The van der Waals surface area contributed by atoms with Crippen molar-refractivity contribution in [1.29, 1.82) is 0 Å². The summed E-state index contributed by atoms with van der Waals surface area (Å²) in [5.41, 5.74) is 0.393. The number of rotatable bonds is 6. The van der Waals surface area contributed by atoms with Crippen LogP contribution in [0.4, 0.5) is 13.2 Å². The molecule has 3 N–H and O–H groups in total. The zero-order valence-electron chi connectivity index (χ0n) is 15.1. The molecule has 0 fully saturated rings. The first-order valence-electron chi connectivity index (χ1n) is 8.44. The van der Waals surface area contributed by atoms with E-state index in [9.17, 15) is 18.0 Å². The molecule has 0 saturated carbocycles. The normalized spacial score (nSPS) is 11.8. The van der Waals surface area contributed by atoms with Crippen LogP contribution in [0.5, 0.6) is 0 Å². The second kappa shape index (κ2) is 9.98. The fourth-order valence-corrected chi connectivity index (χ4v) is 2.54. The minimum absolute atomic E-state index is 0.278. The van der Waals surface area contributed by atoms with Gasteiger partial charge in [-0.25, -0.2) is 0 Å². The maximum Gasteiger partial charge on any atom is 0.416 e. The highest BCUT2D eigenvalue weighted by molar-refractivity contribution is 6.33. The van der Waals surface area contributed by atoms with Crippen molar-refractivity contribution in [1.82, 2.24) is 16.0 Å². The van der Waals surface area contributed by atoms with Gasteiger partial charge in [-0.3, -0.25) is 9.79 Å². The van der Waals surface area contributed by atoms with E-state index in [-0.39, 0.29) is 5.91 Å². The number of carbonyl (C=O) groups is 1. The number of guanidine groups is 1. The number of nitrogens with zero attached hydrogens (tertiary/aromatic N) is 1. The quantitative estimate of drug-likeness (QED) is 0.387. The van der Waals surface area contributed by atoms with Crippen LogP contribution in [0.1, 0.15) is 21.5 Å². The molecule has 0 aromatic heterocycles. The number of carbonyl (C=O) groups excluding carboxylic acids is 1. The van der Waals surface area contributed by atoms with Gasteiger partial charge in [-0.2, -0.15) is 13.2 Å². The van der Waals surface area contributed by atoms with E-state index in [4.69, 9.17) is 11.6 Å². The number of aliphatic imine (C=N–C) groups is 1. The Balaban J connectivity index is 1.74. The smallest absolute Gasteiger partial charge is 0.355 e. The lowest BCUT2D eigenvalue weighted by molar-refractivity contribution is -0.137. The van der Waals surface area contributed by atoms with Crippen molar-refractivity contribution in [2.75, 3.05) is 20.1 Å². The number of hydrogen-bond donors (Lipinski definition) is 3. The number of nitrogens with one attached hydrogen (secondary N) is 3. The number of amides is 1. The van der Waals surface area contributed by atoms with Crippen molar-refractivity contribution in [2.24, 2.45) is 4.99 Å². The SMILES string of the molecule is CN=C(NCCNC(=O)c1ccccc1Cl)NCc1ccc(C(F)(F)F)cc1. The van der Waals surface area contributed by atoms with E-state index in [0.29, 0.717) is 41.7 Å². The van der Waals surface area contributed by atoms with Crippen LogP contribution in [-0.4, -0.2) is 32.0 Å². The molecule has 2 aromatic carbocycles. The molecule has 2 aromatic rings. The Bertz CT molecular complexity index is 823. The minimum Gasteiger partial charge on any atom is -0.355 e. The zero-order valence-corrected chi connectivity index (χ0v) is 15.9. The average Bonchev–Trinajstić information content (AvgIpc) is 2.67. The average molecular weight is 413 g/mol. The maximum absolute atomic E-state index is 12.6. The van der Waals surface area contributed by atoms with E-state index in [1.807, 2.05) is 0 Å². The van der Waals surface area contributed by atoms with Gasteiger partial charge in [0.25, 0.3) is 5.91 Å². The Morgan fingerprint density at radius 3 is 2.25 bits per heavy atom. The van der Waals surface area contributed by atoms with Crippen molar-refractivity contribution >= 4 is 23.5 Å². The summed E-state index contributed by atoms with van der Waals surface area (Å²) >= 11 is 5.97. The Morgan fingerprint density at radius 1 is 1.00 bits per heavy atom. The molecule has 0 aliphatic rings. The van der Waals surface area contributed by atoms with Gasteiger partial charge in [-0.05, 0) is 29.8 Å². The lowest BCUT2D eigenvalue weighted by Gasteiger charge is -2.13. The van der Waals surface area contributed by atoms with Gasteiger partial charge in [0.1, 0.15) is 0 Å². The van der Waals surface area contributed by atoms with Gasteiger partial charge in [0, 0.05) is 26.7 Å². The summed E-state index contributed by atoms with van der Waals surface area (Å²) in [5, 5.41) is 9.12. The standard InChI is InChI=1S/C19H20ClF3N4O/c1-24-18(27-12-13-6-8-14(9-7-13)19(21,22)23)26-11-10-25-17(28)15-4-2-3-5-16(15)20/h2-9H,10-12H2,1H3,(H,25,28)(H2,24,26,27). The molecule has 0 heterocycles. The van der Waals surface area contributed by atoms with Crippen LogP contribution in [0, 0.1) is 0 Å². The Kier molecular flexibility index (Phi) is 7.69. The summed E-state index contributed by atoms with van der Waals surface area (Å²) < 4.78 is 37.7. The molecule has 5 nitrogen and oxygen atoms in total. The third-order valence-electron chi connectivity index (χ3n) is 3.79. The van der Waals surface area contributed by atoms with Crippen LogP contribution in [-0.2, 0) is 12.7 Å². The highest BCUT2D eigenvalue weighted by Gasteiger charge is 2.29. The molecule has 0 bridgehead atoms. The highest BCUT2D eigenvalue weighted by atomic mass is 35.5. The van der Waals surface area contributed by atoms with Gasteiger partial charge in [-0.1, -0.05) is 35.9 Å². The second-order valence-electron chi connectivity index (χ2n) is 5.78. The van der Waals surface area contributed by atoms with E-state index in [1.165, 1.54) is 12.1 Å². The van der Waals surface area contributed by atoms with Crippen molar-refractivity contribution < 1.29 is 18.0 Å². The molecule has 2 rings (SSSR count). The summed E-state index contributed by atoms with van der Waals surface area (Å²) in [5.74, 6) is 0.187. The lowest BCUT2D eigenvalue weighted by Crippen LogP contribution is -2.41. The van der Waals surface area contributed by atoms with Gasteiger partial charge in [-0.15, -0.1) is 0 Å². The van der Waals surface area contributed by atoms with E-state index in [0.717, 1.165) is 12.1 Å². The highest BCUT2D eigenvalue weighted by Crippen LogP contribution is 2.29. The van der Waals surface area contributed by atoms with Crippen molar-refractivity contribution in [3.05, 3.63) is 70.2 Å². The summed E-state index contributed by atoms with van der Waals surface area (Å²) in [6, 6.07) is 11.6. The van der Waals surface area contributed by atoms with Gasteiger partial charge in [0.05, 0.1) is 16.1 Å². The molecule has 0 radical (unpaired) electrons. The predicted molar refractivity (Wildman–Crippen MR) is 103 cm³/mol. The number of hydrogen-bond acceptors (Lipinski definition) is 2. The maximum atomic E-state index is 12.6. The van der Waals surface area contributed by atoms with Crippen LogP contribution in [0.3, 0.4) is 0 Å². The molecule has 150 valence electrons. The molecule has 0 aliphatic heterocycles. The van der Waals surface area contributed by atoms with Gasteiger partial charge in [0.2, 0.25) is 0 Å². The first kappa shape index (κ1) is 21.6. The first-order valence-corrected chi connectivity index (χ1v) is 8.82. The second-order valence-corrected chi connectivity index (χ2v) is 6.19.